The second kappa shape index (κ2) is 6.86. The molecule has 2 heterocycles. The van der Waals surface area contributed by atoms with Gasteiger partial charge < -0.3 is 10.1 Å². The summed E-state index contributed by atoms with van der Waals surface area (Å²) in [5.41, 5.74) is 1.24. The van der Waals surface area contributed by atoms with E-state index < -0.39 is 17.8 Å². The van der Waals surface area contributed by atoms with Crippen LogP contribution in [0.4, 0.5) is 10.3 Å². The van der Waals surface area contributed by atoms with Crippen LogP contribution in [0.3, 0.4) is 0 Å². The normalized spacial score (nSPS) is 20.5. The lowest BCUT2D eigenvalue weighted by Crippen LogP contribution is -2.32. The van der Waals surface area contributed by atoms with Crippen molar-refractivity contribution in [2.75, 3.05) is 5.32 Å². The van der Waals surface area contributed by atoms with Crippen LogP contribution in [0.5, 0.6) is 0 Å². The fourth-order valence-electron chi connectivity index (χ4n) is 3.66. The van der Waals surface area contributed by atoms with Gasteiger partial charge in [-0.2, -0.15) is 4.68 Å². The molecule has 1 saturated carbocycles. The van der Waals surface area contributed by atoms with Crippen LogP contribution in [-0.2, 0) is 9.53 Å². The molecule has 1 N–H and O–H groups in total. The number of benzene rings is 1. The number of rotatable bonds is 3. The van der Waals surface area contributed by atoms with Crippen LogP contribution >= 0.6 is 0 Å². The highest BCUT2D eigenvalue weighted by Gasteiger charge is 2.37. The minimum Gasteiger partial charge on any atom is -0.459 e. The number of anilines is 1. The molecule has 1 unspecified atom stereocenters. The van der Waals surface area contributed by atoms with Crippen molar-refractivity contribution >= 4 is 11.9 Å². The molecule has 1 aliphatic carbocycles. The Labute approximate surface area is 150 Å². The van der Waals surface area contributed by atoms with E-state index in [2.05, 4.69) is 20.8 Å². The van der Waals surface area contributed by atoms with Crippen LogP contribution in [0.25, 0.3) is 0 Å². The summed E-state index contributed by atoms with van der Waals surface area (Å²) in [6, 6.07) is 5.57. The van der Waals surface area contributed by atoms with Gasteiger partial charge in [0.05, 0.1) is 5.57 Å². The second-order valence-electron chi connectivity index (χ2n) is 6.70. The van der Waals surface area contributed by atoms with Crippen LogP contribution in [0.2, 0.25) is 0 Å². The Hall–Kier alpha value is -2.77. The summed E-state index contributed by atoms with van der Waals surface area (Å²) in [5, 5.41) is 14.5. The summed E-state index contributed by atoms with van der Waals surface area (Å²) in [5.74, 6) is -0.502. The zero-order valence-electron chi connectivity index (χ0n) is 14.5. The van der Waals surface area contributed by atoms with Gasteiger partial charge in [0.2, 0.25) is 5.95 Å². The number of carbonyl (C=O) groups is 1. The largest absolute Gasteiger partial charge is 0.459 e. The second-order valence-corrected chi connectivity index (χ2v) is 6.70. The third-order valence-electron chi connectivity index (χ3n) is 4.96. The predicted molar refractivity (Wildman–Crippen MR) is 91.6 cm³/mol. The zero-order chi connectivity index (χ0) is 18.1. The molecule has 1 aliphatic heterocycles. The van der Waals surface area contributed by atoms with Gasteiger partial charge in [0.25, 0.3) is 0 Å². The van der Waals surface area contributed by atoms with Gasteiger partial charge in [-0.3, -0.25) is 0 Å². The van der Waals surface area contributed by atoms with Crippen LogP contribution in [0, 0.1) is 5.82 Å². The molecule has 0 bridgehead atoms. The van der Waals surface area contributed by atoms with E-state index in [1.165, 1.54) is 17.2 Å². The van der Waals surface area contributed by atoms with Gasteiger partial charge in [-0.1, -0.05) is 29.7 Å². The molecule has 1 aromatic heterocycles. The minimum absolute atomic E-state index is 0.0897. The summed E-state index contributed by atoms with van der Waals surface area (Å²) in [6.07, 6.45) is 4.93. The van der Waals surface area contributed by atoms with Gasteiger partial charge >= 0.3 is 5.97 Å². The van der Waals surface area contributed by atoms with Gasteiger partial charge in [0, 0.05) is 11.3 Å². The number of esters is 1. The van der Waals surface area contributed by atoms with Crippen molar-refractivity contribution in [3.8, 4) is 0 Å². The average molecular weight is 357 g/mol. The van der Waals surface area contributed by atoms with Gasteiger partial charge in [-0.05, 0) is 49.1 Å². The number of ether oxygens (including phenoxy) is 1. The summed E-state index contributed by atoms with van der Waals surface area (Å²) in [7, 11) is 0. The summed E-state index contributed by atoms with van der Waals surface area (Å²) < 4.78 is 21.7. The van der Waals surface area contributed by atoms with Crippen molar-refractivity contribution < 1.29 is 13.9 Å². The lowest BCUT2D eigenvalue weighted by Gasteiger charge is -2.29. The summed E-state index contributed by atoms with van der Waals surface area (Å²) in [4.78, 5) is 13.0. The van der Waals surface area contributed by atoms with Crippen molar-refractivity contribution in [2.45, 2.75) is 51.2 Å². The van der Waals surface area contributed by atoms with Crippen LogP contribution < -0.4 is 5.32 Å². The highest BCUT2D eigenvalue weighted by Crippen LogP contribution is 2.36. The highest BCUT2D eigenvalue weighted by atomic mass is 19.1. The van der Waals surface area contributed by atoms with Crippen molar-refractivity contribution in [1.29, 1.82) is 0 Å². The summed E-state index contributed by atoms with van der Waals surface area (Å²) >= 11 is 0. The molecule has 7 nitrogen and oxygen atoms in total. The molecule has 1 atom stereocenters. The number of carbonyl (C=O) groups excluding carboxylic acids is 1. The number of halogens is 1. The maximum Gasteiger partial charge on any atom is 0.338 e. The van der Waals surface area contributed by atoms with Crippen molar-refractivity contribution in [2.24, 2.45) is 0 Å². The van der Waals surface area contributed by atoms with Crippen LogP contribution in [0.15, 0.2) is 35.5 Å². The van der Waals surface area contributed by atoms with Crippen molar-refractivity contribution in [3.05, 3.63) is 46.9 Å². The molecule has 0 saturated heterocycles. The number of hydrogen-bond acceptors (Lipinski definition) is 6. The number of allylic oxidation sites excluding steroid dienone is 1. The molecule has 0 amide bonds. The molecular weight excluding hydrogens is 337 g/mol. The Morgan fingerprint density at radius 1 is 1.27 bits per heavy atom. The van der Waals surface area contributed by atoms with E-state index in [0.29, 0.717) is 22.8 Å². The fourth-order valence-corrected chi connectivity index (χ4v) is 3.66. The minimum atomic E-state index is -0.765. The number of tetrazole rings is 1. The number of nitrogens with one attached hydrogen (secondary N) is 1. The first kappa shape index (κ1) is 16.7. The molecule has 0 radical (unpaired) electrons. The number of aromatic nitrogens is 4. The molecule has 1 fully saturated rings. The first-order valence-corrected chi connectivity index (χ1v) is 8.86. The number of nitrogens with zero attached hydrogens (tertiary/aromatic N) is 4. The van der Waals surface area contributed by atoms with E-state index in [-0.39, 0.29) is 6.10 Å². The topological polar surface area (TPSA) is 81.9 Å². The monoisotopic (exact) mass is 357 g/mol. The summed E-state index contributed by atoms with van der Waals surface area (Å²) in [6.45, 7) is 1.75. The zero-order valence-corrected chi connectivity index (χ0v) is 14.5. The Morgan fingerprint density at radius 2 is 2.04 bits per heavy atom. The first-order valence-electron chi connectivity index (χ1n) is 8.86. The maximum atomic E-state index is 14.5. The molecular formula is C18H20FN5O2. The lowest BCUT2D eigenvalue weighted by atomic mass is 9.94. The Morgan fingerprint density at radius 3 is 2.81 bits per heavy atom. The fraction of sp³-hybridized carbons (Fsp3) is 0.444. The molecule has 136 valence electrons. The molecule has 8 heteroatoms. The average Bonchev–Trinajstić information content (AvgIpc) is 3.10. The van der Waals surface area contributed by atoms with Crippen LogP contribution in [0.1, 0.15) is 50.6 Å². The predicted octanol–water partition coefficient (Wildman–Crippen LogP) is 2.98. The van der Waals surface area contributed by atoms with E-state index in [0.717, 1.165) is 25.7 Å². The van der Waals surface area contributed by atoms with Gasteiger partial charge in [-0.15, -0.1) is 0 Å². The van der Waals surface area contributed by atoms with E-state index >= 15 is 0 Å². The molecule has 2 aromatic rings. The quantitative estimate of drug-likeness (QED) is 0.851. The number of fused-ring (bicyclic) bond motifs is 1. The van der Waals surface area contributed by atoms with Gasteiger partial charge in [0.15, 0.2) is 0 Å². The standard InChI is InChI=1S/C18H20FN5O2/c1-11-15(17(25)26-12-7-3-2-4-8-12)16(13-9-5-6-10-14(13)19)24-18(20-11)21-22-23-24/h5-6,9-10,12,16H,2-4,7-8H2,1H3,(H,20,21,23). The van der Waals surface area contributed by atoms with E-state index in [4.69, 9.17) is 4.74 Å². The third kappa shape index (κ3) is 2.95. The van der Waals surface area contributed by atoms with E-state index in [1.54, 1.807) is 25.1 Å². The molecule has 2 aliphatic rings. The molecule has 4 rings (SSSR count). The van der Waals surface area contributed by atoms with Crippen LogP contribution in [-0.4, -0.2) is 32.3 Å². The molecule has 26 heavy (non-hydrogen) atoms. The number of hydrogen-bond donors (Lipinski definition) is 1. The first-order chi connectivity index (χ1) is 12.6. The Kier molecular flexibility index (Phi) is 4.40. The van der Waals surface area contributed by atoms with Gasteiger partial charge in [-0.25, -0.2) is 9.18 Å². The lowest BCUT2D eigenvalue weighted by molar-refractivity contribution is -0.146. The smallest absolute Gasteiger partial charge is 0.338 e. The third-order valence-corrected chi connectivity index (χ3v) is 4.96. The SMILES string of the molecule is CC1=C(C(=O)OC2CCCCC2)C(c2ccccc2F)n2nnnc2N1. The van der Waals surface area contributed by atoms with Crippen molar-refractivity contribution in [3.63, 3.8) is 0 Å². The Balaban J connectivity index is 1.72. The molecule has 1 aromatic carbocycles. The molecule has 0 spiro atoms. The van der Waals surface area contributed by atoms with E-state index in [1.807, 2.05) is 0 Å². The Bertz CT molecular complexity index is 857. The van der Waals surface area contributed by atoms with E-state index in [9.17, 15) is 9.18 Å². The van der Waals surface area contributed by atoms with Crippen molar-refractivity contribution in [1.82, 2.24) is 20.2 Å². The maximum absolute atomic E-state index is 14.5. The van der Waals surface area contributed by atoms with Gasteiger partial charge in [0.1, 0.15) is 18.0 Å². The highest BCUT2D eigenvalue weighted by molar-refractivity contribution is 5.92.